The van der Waals surface area contributed by atoms with Gasteiger partial charge in [0.05, 0.1) is 17.7 Å². The molecule has 148 valence electrons. The minimum atomic E-state index is -0.716. The highest BCUT2D eigenvalue weighted by molar-refractivity contribution is 7.17. The highest BCUT2D eigenvalue weighted by Gasteiger charge is 2.27. The highest BCUT2D eigenvalue weighted by atomic mass is 32.1. The van der Waals surface area contributed by atoms with Crippen LogP contribution >= 0.6 is 11.3 Å². The second-order valence-electron chi connectivity index (χ2n) is 6.21. The topological polar surface area (TPSA) is 109 Å². The first-order valence-corrected chi connectivity index (χ1v) is 9.78. The lowest BCUT2D eigenvalue weighted by Crippen LogP contribution is -2.25. The predicted octanol–water partition coefficient (Wildman–Crippen LogP) is 2.23. The molecule has 8 nitrogen and oxygen atoms in total. The zero-order chi connectivity index (χ0) is 20.1. The molecule has 0 spiro atoms. The third-order valence-corrected chi connectivity index (χ3v) is 5.48. The number of hydrogen-bond acceptors (Lipinski definition) is 7. The fourth-order valence-corrected chi connectivity index (χ4v) is 4.29. The summed E-state index contributed by atoms with van der Waals surface area (Å²) in [6, 6.07) is 2.61. The molecule has 2 heterocycles. The Bertz CT molecular complexity index is 891. The van der Waals surface area contributed by atoms with E-state index in [4.69, 9.17) is 9.47 Å². The zero-order valence-corrected chi connectivity index (χ0v) is 16.2. The van der Waals surface area contributed by atoms with E-state index in [1.807, 2.05) is 0 Å². The van der Waals surface area contributed by atoms with Crippen molar-refractivity contribution in [1.82, 2.24) is 0 Å². The number of thiophene rings is 1. The number of hydrogen-bond donors (Lipinski definition) is 1. The Labute approximate surface area is 165 Å². The average molecular weight is 404 g/mol. The molecule has 0 fully saturated rings. The van der Waals surface area contributed by atoms with E-state index >= 15 is 0 Å². The summed E-state index contributed by atoms with van der Waals surface area (Å²) in [4.78, 5) is 37.7. The van der Waals surface area contributed by atoms with Crippen LogP contribution in [-0.2, 0) is 27.1 Å². The van der Waals surface area contributed by atoms with Gasteiger partial charge >= 0.3 is 11.9 Å². The number of amides is 1. The molecule has 3 rings (SSSR count). The van der Waals surface area contributed by atoms with Crippen LogP contribution in [0.2, 0.25) is 0 Å². The number of aryl methyl sites for hydroxylation is 1. The van der Waals surface area contributed by atoms with E-state index in [0.29, 0.717) is 15.3 Å². The Balaban J connectivity index is 1.68. The van der Waals surface area contributed by atoms with Gasteiger partial charge in [0.2, 0.25) is 0 Å². The molecule has 0 saturated carbocycles. The van der Waals surface area contributed by atoms with Crippen molar-refractivity contribution in [3.63, 3.8) is 0 Å². The Morgan fingerprint density at radius 1 is 1.14 bits per heavy atom. The van der Waals surface area contributed by atoms with Gasteiger partial charge in [-0.15, -0.1) is 11.3 Å². The summed E-state index contributed by atoms with van der Waals surface area (Å²) in [5, 5.41) is 14.1. The van der Waals surface area contributed by atoms with Gasteiger partial charge in [-0.1, -0.05) is 0 Å². The standard InChI is InChI=1S/C19H20N2O6S/c1-2-26-19(24)16-13-5-3-4-6-14(13)28-17(16)20-15(22)11-27-18(23)12-7-9-21(25)10-8-12/h7-10H,2-6,11H2,1H3,(H,20,22). The first kappa shape index (κ1) is 19.8. The lowest BCUT2D eigenvalue weighted by molar-refractivity contribution is -0.605. The average Bonchev–Trinajstić information content (AvgIpc) is 3.04. The molecule has 2 aromatic rings. The minimum Gasteiger partial charge on any atom is -0.619 e. The molecule has 1 aliphatic carbocycles. The SMILES string of the molecule is CCOC(=O)c1c(NC(=O)COC(=O)c2cc[n+]([O-])cc2)sc2c1CCCC2. The zero-order valence-electron chi connectivity index (χ0n) is 15.4. The second-order valence-corrected chi connectivity index (χ2v) is 7.31. The summed E-state index contributed by atoms with van der Waals surface area (Å²) in [6.07, 6.45) is 6.00. The number of esters is 2. The van der Waals surface area contributed by atoms with E-state index in [0.717, 1.165) is 36.1 Å². The van der Waals surface area contributed by atoms with E-state index < -0.39 is 24.5 Å². The molecule has 0 saturated heterocycles. The van der Waals surface area contributed by atoms with Crippen molar-refractivity contribution in [2.24, 2.45) is 0 Å². The number of ether oxygens (including phenoxy) is 2. The van der Waals surface area contributed by atoms with E-state index in [1.165, 1.54) is 35.9 Å². The molecule has 0 atom stereocenters. The van der Waals surface area contributed by atoms with Gasteiger partial charge in [-0.2, -0.15) is 4.73 Å². The number of carbonyl (C=O) groups is 3. The van der Waals surface area contributed by atoms with Gasteiger partial charge in [-0.05, 0) is 38.2 Å². The molecule has 9 heteroatoms. The first-order valence-electron chi connectivity index (χ1n) is 8.97. The van der Waals surface area contributed by atoms with Crippen LogP contribution in [-0.4, -0.2) is 31.1 Å². The fraction of sp³-hybridized carbons (Fsp3) is 0.368. The van der Waals surface area contributed by atoms with Crippen LogP contribution in [0.3, 0.4) is 0 Å². The minimum absolute atomic E-state index is 0.165. The number of pyridine rings is 1. The van der Waals surface area contributed by atoms with Crippen molar-refractivity contribution < 1.29 is 28.6 Å². The van der Waals surface area contributed by atoms with Crippen molar-refractivity contribution in [2.45, 2.75) is 32.6 Å². The summed E-state index contributed by atoms with van der Waals surface area (Å²) in [5.41, 5.74) is 1.51. The molecule has 0 bridgehead atoms. The van der Waals surface area contributed by atoms with Gasteiger partial charge < -0.3 is 20.0 Å². The summed E-state index contributed by atoms with van der Waals surface area (Å²) >= 11 is 1.37. The number of anilines is 1. The quantitative estimate of drug-likeness (QED) is 0.449. The number of aromatic nitrogens is 1. The van der Waals surface area contributed by atoms with Crippen LogP contribution < -0.4 is 10.0 Å². The number of nitrogens with zero attached hydrogens (tertiary/aromatic N) is 1. The molecular weight excluding hydrogens is 384 g/mol. The lowest BCUT2D eigenvalue weighted by Gasteiger charge is -2.12. The lowest BCUT2D eigenvalue weighted by atomic mass is 9.95. The van der Waals surface area contributed by atoms with Crippen molar-refractivity contribution in [3.05, 3.63) is 51.3 Å². The van der Waals surface area contributed by atoms with Gasteiger partial charge in [-0.3, -0.25) is 4.79 Å². The summed E-state index contributed by atoms with van der Waals surface area (Å²) < 4.78 is 10.7. The maximum absolute atomic E-state index is 12.4. The number of fused-ring (bicyclic) bond motifs is 1. The van der Waals surface area contributed by atoms with Crippen molar-refractivity contribution in [3.8, 4) is 0 Å². The van der Waals surface area contributed by atoms with Crippen LogP contribution in [0.15, 0.2) is 24.5 Å². The summed E-state index contributed by atoms with van der Waals surface area (Å²) in [7, 11) is 0. The van der Waals surface area contributed by atoms with Gasteiger partial charge in [-0.25, -0.2) is 9.59 Å². The normalized spacial score (nSPS) is 12.8. The largest absolute Gasteiger partial charge is 0.619 e. The predicted molar refractivity (Wildman–Crippen MR) is 101 cm³/mol. The van der Waals surface area contributed by atoms with Crippen LogP contribution in [0.5, 0.6) is 0 Å². The number of rotatable bonds is 6. The van der Waals surface area contributed by atoms with Gasteiger partial charge in [0.25, 0.3) is 5.91 Å². The monoisotopic (exact) mass is 404 g/mol. The van der Waals surface area contributed by atoms with Gasteiger partial charge in [0.1, 0.15) is 5.00 Å². The van der Waals surface area contributed by atoms with E-state index in [-0.39, 0.29) is 12.2 Å². The third-order valence-electron chi connectivity index (χ3n) is 4.28. The first-order chi connectivity index (χ1) is 13.5. The van der Waals surface area contributed by atoms with Gasteiger partial charge in [0, 0.05) is 17.0 Å². The maximum atomic E-state index is 12.4. The van der Waals surface area contributed by atoms with Gasteiger partial charge in [0.15, 0.2) is 19.0 Å². The van der Waals surface area contributed by atoms with Crippen molar-refractivity contribution in [2.75, 3.05) is 18.5 Å². The molecule has 0 aliphatic heterocycles. The summed E-state index contributed by atoms with van der Waals surface area (Å²) in [6.45, 7) is 1.47. The second kappa shape index (κ2) is 8.83. The molecule has 28 heavy (non-hydrogen) atoms. The Hall–Kier alpha value is -2.94. The molecule has 1 N–H and O–H groups in total. The Morgan fingerprint density at radius 3 is 2.57 bits per heavy atom. The highest BCUT2D eigenvalue weighted by Crippen LogP contribution is 2.38. The van der Waals surface area contributed by atoms with Crippen molar-refractivity contribution in [1.29, 1.82) is 0 Å². The van der Waals surface area contributed by atoms with Crippen LogP contribution in [0.4, 0.5) is 5.00 Å². The van der Waals surface area contributed by atoms with E-state index in [9.17, 15) is 19.6 Å². The van der Waals surface area contributed by atoms with E-state index in [1.54, 1.807) is 6.92 Å². The van der Waals surface area contributed by atoms with E-state index in [2.05, 4.69) is 5.32 Å². The maximum Gasteiger partial charge on any atom is 0.341 e. The fourth-order valence-electron chi connectivity index (χ4n) is 3.00. The van der Waals surface area contributed by atoms with Crippen LogP contribution in [0, 0.1) is 5.21 Å². The molecular formula is C19H20N2O6S. The molecule has 1 amide bonds. The van der Waals surface area contributed by atoms with Crippen LogP contribution in [0.1, 0.15) is 50.9 Å². The smallest absolute Gasteiger partial charge is 0.341 e. The molecule has 0 unspecified atom stereocenters. The Kier molecular flexibility index (Phi) is 6.25. The molecule has 2 aromatic heterocycles. The number of nitrogens with one attached hydrogen (secondary N) is 1. The Morgan fingerprint density at radius 2 is 1.86 bits per heavy atom. The molecule has 0 aromatic carbocycles. The summed E-state index contributed by atoms with van der Waals surface area (Å²) in [5.74, 6) is -1.72. The molecule has 1 aliphatic rings. The number of carbonyl (C=O) groups excluding carboxylic acids is 3. The molecule has 0 radical (unpaired) electrons. The van der Waals surface area contributed by atoms with Crippen molar-refractivity contribution >= 4 is 34.2 Å². The third kappa shape index (κ3) is 4.48. The van der Waals surface area contributed by atoms with Crippen LogP contribution in [0.25, 0.3) is 0 Å².